The van der Waals surface area contributed by atoms with E-state index in [0.717, 1.165) is 6.20 Å². The highest BCUT2D eigenvalue weighted by molar-refractivity contribution is 6.32. The summed E-state index contributed by atoms with van der Waals surface area (Å²) >= 11 is 5.72. The molecule has 0 unspecified atom stereocenters. The van der Waals surface area contributed by atoms with E-state index in [9.17, 15) is 18.0 Å². The molecule has 4 N–H and O–H groups in total. The predicted molar refractivity (Wildman–Crippen MR) is 95.2 cm³/mol. The largest absolute Gasteiger partial charge is 0.573 e. The molecule has 7 nitrogen and oxygen atoms in total. The summed E-state index contributed by atoms with van der Waals surface area (Å²) in [6, 6.07) is 4.03. The number of nitrogens with one attached hydrogen (secondary N) is 1. The van der Waals surface area contributed by atoms with Crippen LogP contribution in [0.2, 0.25) is 5.02 Å². The Kier molecular flexibility index (Phi) is 7.18. The lowest BCUT2D eigenvalue weighted by Crippen LogP contribution is -2.28. The van der Waals surface area contributed by atoms with Crippen molar-refractivity contribution in [1.29, 1.82) is 0 Å². The minimum absolute atomic E-state index is 0.0207. The lowest BCUT2D eigenvalue weighted by atomic mass is 10.1. The van der Waals surface area contributed by atoms with E-state index in [1.165, 1.54) is 24.5 Å². The number of hydrogen-bond donors (Lipinski definition) is 3. The number of nitrogens with zero attached hydrogens (tertiary/aromatic N) is 2. The summed E-state index contributed by atoms with van der Waals surface area (Å²) < 4.78 is 41.1. The zero-order valence-electron chi connectivity index (χ0n) is 14.3. The summed E-state index contributed by atoms with van der Waals surface area (Å²) in [5, 5.41) is 11.0. The van der Waals surface area contributed by atoms with Crippen LogP contribution < -0.4 is 15.8 Å². The molecule has 0 spiro atoms. The molecule has 150 valence electrons. The third kappa shape index (κ3) is 6.10. The number of aliphatic hydroxyl groups excluding tert-OH is 1. The lowest BCUT2D eigenvalue weighted by Gasteiger charge is -2.12. The summed E-state index contributed by atoms with van der Waals surface area (Å²) in [5.74, 6) is -0.979. The number of amides is 1. The standard InChI is InChI=1S/C17H16ClF3N4O3/c18-13-2-1-10(6-14(13)28-17(19,20)21)5-11-8-24-15(25-9-11)12(7-22)16(27)23-3-4-26/h1-2,6-9,26H,3-5,22H2,(H,23,27). The molecule has 1 amide bonds. The third-order valence-electron chi connectivity index (χ3n) is 3.38. The molecule has 1 heterocycles. The van der Waals surface area contributed by atoms with Crippen molar-refractivity contribution in [2.45, 2.75) is 12.8 Å². The Balaban J connectivity index is 2.14. The summed E-state index contributed by atoms with van der Waals surface area (Å²) in [6.07, 6.45) is -0.756. The van der Waals surface area contributed by atoms with Crippen molar-refractivity contribution < 1.29 is 27.8 Å². The zero-order valence-corrected chi connectivity index (χ0v) is 15.1. The molecule has 0 fully saturated rings. The monoisotopic (exact) mass is 416 g/mol. The summed E-state index contributed by atoms with van der Waals surface area (Å²) in [6.45, 7) is -0.183. The second-order valence-corrected chi connectivity index (χ2v) is 5.87. The van der Waals surface area contributed by atoms with Gasteiger partial charge >= 0.3 is 6.36 Å². The predicted octanol–water partition coefficient (Wildman–Crippen LogP) is 2.03. The average Bonchev–Trinajstić information content (AvgIpc) is 2.63. The SMILES string of the molecule is NC=C(C(=O)NCCO)c1ncc(Cc2ccc(Cl)c(OC(F)(F)F)c2)cn1. The van der Waals surface area contributed by atoms with Gasteiger partial charge in [-0.2, -0.15) is 0 Å². The molecule has 0 aliphatic carbocycles. The fourth-order valence-electron chi connectivity index (χ4n) is 2.20. The number of nitrogens with two attached hydrogens (primary N) is 1. The van der Waals surface area contributed by atoms with Crippen LogP contribution in [0.4, 0.5) is 13.2 Å². The maximum atomic E-state index is 12.4. The first-order valence-electron chi connectivity index (χ1n) is 7.90. The molecule has 0 saturated carbocycles. The number of rotatable bonds is 7. The van der Waals surface area contributed by atoms with Crippen LogP contribution in [0.15, 0.2) is 36.8 Å². The number of carbonyl (C=O) groups is 1. The molecule has 0 saturated heterocycles. The van der Waals surface area contributed by atoms with Crippen LogP contribution in [-0.4, -0.2) is 40.5 Å². The van der Waals surface area contributed by atoms with E-state index in [1.807, 2.05) is 0 Å². The second kappa shape index (κ2) is 9.38. The molecule has 28 heavy (non-hydrogen) atoms. The molecule has 0 radical (unpaired) electrons. The Labute approximate surface area is 163 Å². The van der Waals surface area contributed by atoms with E-state index < -0.39 is 18.0 Å². The summed E-state index contributed by atoms with van der Waals surface area (Å²) in [7, 11) is 0. The number of carbonyl (C=O) groups excluding carboxylic acids is 1. The molecule has 0 aliphatic rings. The molecule has 0 bridgehead atoms. The van der Waals surface area contributed by atoms with Gasteiger partial charge in [0, 0.05) is 31.6 Å². The van der Waals surface area contributed by atoms with Gasteiger partial charge in [0.1, 0.15) is 5.75 Å². The quantitative estimate of drug-likeness (QED) is 0.596. The number of ether oxygens (including phenoxy) is 1. The van der Waals surface area contributed by atoms with Gasteiger partial charge in [-0.15, -0.1) is 13.2 Å². The van der Waals surface area contributed by atoms with Gasteiger partial charge in [0.2, 0.25) is 0 Å². The van der Waals surface area contributed by atoms with Crippen LogP contribution in [0.5, 0.6) is 5.75 Å². The molecule has 0 aliphatic heterocycles. The molecule has 2 rings (SSSR count). The number of aromatic nitrogens is 2. The van der Waals surface area contributed by atoms with Gasteiger partial charge in [0.15, 0.2) is 5.82 Å². The van der Waals surface area contributed by atoms with Crippen LogP contribution in [0, 0.1) is 0 Å². The normalized spacial score (nSPS) is 12.0. The number of hydrogen-bond acceptors (Lipinski definition) is 6. The first-order valence-corrected chi connectivity index (χ1v) is 8.27. The van der Waals surface area contributed by atoms with Crippen molar-refractivity contribution in [1.82, 2.24) is 15.3 Å². The van der Waals surface area contributed by atoms with Crippen molar-refractivity contribution in [2.24, 2.45) is 5.73 Å². The highest BCUT2D eigenvalue weighted by Crippen LogP contribution is 2.31. The van der Waals surface area contributed by atoms with Gasteiger partial charge in [0.25, 0.3) is 5.91 Å². The highest BCUT2D eigenvalue weighted by atomic mass is 35.5. The Morgan fingerprint density at radius 1 is 1.29 bits per heavy atom. The van der Waals surface area contributed by atoms with E-state index >= 15 is 0 Å². The van der Waals surface area contributed by atoms with Crippen LogP contribution in [0.25, 0.3) is 5.57 Å². The van der Waals surface area contributed by atoms with Crippen molar-refractivity contribution in [3.63, 3.8) is 0 Å². The highest BCUT2D eigenvalue weighted by Gasteiger charge is 2.32. The molecule has 11 heteroatoms. The van der Waals surface area contributed by atoms with Crippen LogP contribution in [0.3, 0.4) is 0 Å². The van der Waals surface area contributed by atoms with Gasteiger partial charge in [-0.25, -0.2) is 9.97 Å². The van der Waals surface area contributed by atoms with E-state index in [1.54, 1.807) is 6.07 Å². The van der Waals surface area contributed by atoms with Crippen molar-refractivity contribution in [2.75, 3.05) is 13.2 Å². The van der Waals surface area contributed by atoms with E-state index in [2.05, 4.69) is 20.0 Å². The van der Waals surface area contributed by atoms with Gasteiger partial charge in [-0.3, -0.25) is 4.79 Å². The maximum Gasteiger partial charge on any atom is 0.573 e. The molecule has 2 aromatic rings. The lowest BCUT2D eigenvalue weighted by molar-refractivity contribution is -0.274. The van der Waals surface area contributed by atoms with Crippen LogP contribution >= 0.6 is 11.6 Å². The van der Waals surface area contributed by atoms with Gasteiger partial charge in [-0.1, -0.05) is 17.7 Å². The topological polar surface area (TPSA) is 110 Å². The number of aliphatic hydroxyl groups is 1. The molecule has 1 aromatic heterocycles. The van der Waals surface area contributed by atoms with Crippen LogP contribution in [-0.2, 0) is 11.2 Å². The molecular formula is C17H16ClF3N4O3. The second-order valence-electron chi connectivity index (χ2n) is 5.46. The van der Waals surface area contributed by atoms with Gasteiger partial charge in [0.05, 0.1) is 17.2 Å². The van der Waals surface area contributed by atoms with Crippen LogP contribution in [0.1, 0.15) is 17.0 Å². The van der Waals surface area contributed by atoms with Crippen molar-refractivity contribution in [3.8, 4) is 5.75 Å². The maximum absolute atomic E-state index is 12.4. The fraction of sp³-hybridized carbons (Fsp3) is 0.235. The Bertz CT molecular complexity index is 858. The smallest absolute Gasteiger partial charge is 0.404 e. The van der Waals surface area contributed by atoms with Gasteiger partial charge in [-0.05, 0) is 23.3 Å². The van der Waals surface area contributed by atoms with E-state index in [-0.39, 0.29) is 36.0 Å². The Hall–Kier alpha value is -2.85. The number of alkyl halides is 3. The Morgan fingerprint density at radius 2 is 1.96 bits per heavy atom. The zero-order chi connectivity index (χ0) is 20.7. The van der Waals surface area contributed by atoms with Gasteiger partial charge < -0.3 is 20.9 Å². The summed E-state index contributed by atoms with van der Waals surface area (Å²) in [5.41, 5.74) is 6.53. The fourth-order valence-corrected chi connectivity index (χ4v) is 2.35. The van der Waals surface area contributed by atoms with Crippen molar-refractivity contribution in [3.05, 3.63) is 58.8 Å². The first-order chi connectivity index (χ1) is 13.2. The van der Waals surface area contributed by atoms with E-state index in [0.29, 0.717) is 11.1 Å². The third-order valence-corrected chi connectivity index (χ3v) is 3.70. The first kappa shape index (κ1) is 21.5. The van der Waals surface area contributed by atoms with Crippen molar-refractivity contribution >= 4 is 23.1 Å². The summed E-state index contributed by atoms with van der Waals surface area (Å²) in [4.78, 5) is 20.0. The Morgan fingerprint density at radius 3 is 2.54 bits per heavy atom. The molecule has 1 aromatic carbocycles. The molecule has 0 atom stereocenters. The number of benzene rings is 1. The minimum atomic E-state index is -4.85. The minimum Gasteiger partial charge on any atom is -0.404 e. The van der Waals surface area contributed by atoms with E-state index in [4.69, 9.17) is 22.4 Å². The molecular weight excluding hydrogens is 401 g/mol. The average molecular weight is 417 g/mol. The number of halogens is 4.